The number of thiazole rings is 1. The summed E-state index contributed by atoms with van der Waals surface area (Å²) in [5.74, 6) is 0.832. The zero-order valence-corrected chi connectivity index (χ0v) is 20.5. The number of methoxy groups -OCH3 is 1. The number of amides is 1. The van der Waals surface area contributed by atoms with Crippen LogP contribution in [0.25, 0.3) is 11.3 Å². The van der Waals surface area contributed by atoms with Crippen LogP contribution in [0.5, 0.6) is 11.5 Å². The monoisotopic (exact) mass is 487 g/mol. The molecule has 0 aliphatic carbocycles. The highest BCUT2D eigenvalue weighted by atomic mass is 32.2. The summed E-state index contributed by atoms with van der Waals surface area (Å²) in [6.07, 6.45) is 0.819. The van der Waals surface area contributed by atoms with E-state index in [2.05, 4.69) is 9.71 Å². The van der Waals surface area contributed by atoms with Crippen LogP contribution < -0.4 is 19.1 Å². The first-order chi connectivity index (χ1) is 15.7. The van der Waals surface area contributed by atoms with Gasteiger partial charge in [-0.25, -0.2) is 13.4 Å². The van der Waals surface area contributed by atoms with Crippen molar-refractivity contribution in [1.82, 2.24) is 4.98 Å². The number of ether oxygens (including phenoxy) is 2. The molecule has 8 nitrogen and oxygen atoms in total. The van der Waals surface area contributed by atoms with E-state index in [1.54, 1.807) is 22.4 Å². The molecule has 0 fully saturated rings. The smallest absolute Gasteiger partial charge is 0.267 e. The van der Waals surface area contributed by atoms with E-state index >= 15 is 0 Å². The summed E-state index contributed by atoms with van der Waals surface area (Å²) in [4.78, 5) is 18.5. The number of carbonyl (C=O) groups is 1. The molecule has 10 heteroatoms. The second-order valence-corrected chi connectivity index (χ2v) is 10.3. The SMILES string of the molecule is CCCN1C(=O)COc2ccc(-c3csc(NS(=O)(=O)c4cc(C)c(C)cc4OC)n3)cc21. The van der Waals surface area contributed by atoms with E-state index in [-0.39, 0.29) is 28.3 Å². The van der Waals surface area contributed by atoms with Crippen molar-refractivity contribution in [2.75, 3.05) is 29.9 Å². The maximum atomic E-state index is 13.0. The topological polar surface area (TPSA) is 97.8 Å². The molecule has 174 valence electrons. The van der Waals surface area contributed by atoms with E-state index in [0.717, 1.165) is 23.1 Å². The van der Waals surface area contributed by atoms with E-state index in [9.17, 15) is 13.2 Å². The average Bonchev–Trinajstić information content (AvgIpc) is 3.24. The molecule has 3 aromatic rings. The van der Waals surface area contributed by atoms with Gasteiger partial charge in [0.2, 0.25) is 0 Å². The predicted molar refractivity (Wildman–Crippen MR) is 129 cm³/mol. The lowest BCUT2D eigenvalue weighted by Gasteiger charge is -2.29. The van der Waals surface area contributed by atoms with Crippen molar-refractivity contribution in [1.29, 1.82) is 0 Å². The Morgan fingerprint density at radius 2 is 1.97 bits per heavy atom. The van der Waals surface area contributed by atoms with Crippen LogP contribution in [0.15, 0.2) is 40.6 Å². The number of hydrogen-bond acceptors (Lipinski definition) is 7. The largest absolute Gasteiger partial charge is 0.495 e. The summed E-state index contributed by atoms with van der Waals surface area (Å²) in [7, 11) is -2.46. The van der Waals surface area contributed by atoms with Gasteiger partial charge in [0.05, 0.1) is 18.5 Å². The Labute approximate surface area is 197 Å². The Balaban J connectivity index is 1.63. The number of sulfonamides is 1. The third kappa shape index (κ3) is 4.53. The minimum atomic E-state index is -3.90. The van der Waals surface area contributed by atoms with Crippen molar-refractivity contribution >= 4 is 38.1 Å². The fourth-order valence-electron chi connectivity index (χ4n) is 3.59. The lowest BCUT2D eigenvalue weighted by Crippen LogP contribution is -2.39. The lowest BCUT2D eigenvalue weighted by atomic mass is 10.1. The van der Waals surface area contributed by atoms with E-state index in [1.165, 1.54) is 18.4 Å². The Bertz CT molecular complexity index is 1320. The molecule has 1 amide bonds. The zero-order chi connectivity index (χ0) is 23.8. The summed E-state index contributed by atoms with van der Waals surface area (Å²) in [6.45, 7) is 6.38. The number of anilines is 2. The van der Waals surface area contributed by atoms with Crippen LogP contribution >= 0.6 is 11.3 Å². The first-order valence-corrected chi connectivity index (χ1v) is 12.8. The molecule has 0 unspecified atom stereocenters. The fraction of sp³-hybridized carbons (Fsp3) is 0.304. The normalized spacial score (nSPS) is 13.5. The third-order valence-electron chi connectivity index (χ3n) is 5.44. The number of nitrogens with one attached hydrogen (secondary N) is 1. The quantitative estimate of drug-likeness (QED) is 0.531. The summed E-state index contributed by atoms with van der Waals surface area (Å²) in [5.41, 5.74) is 3.84. The Morgan fingerprint density at radius 1 is 1.21 bits per heavy atom. The van der Waals surface area contributed by atoms with Gasteiger partial charge in [0.15, 0.2) is 11.7 Å². The molecule has 0 atom stereocenters. The van der Waals surface area contributed by atoms with Gasteiger partial charge in [-0.1, -0.05) is 6.92 Å². The molecule has 1 aromatic heterocycles. The van der Waals surface area contributed by atoms with Gasteiger partial charge in [0, 0.05) is 17.5 Å². The summed E-state index contributed by atoms with van der Waals surface area (Å²) >= 11 is 1.18. The van der Waals surface area contributed by atoms with Crippen molar-refractivity contribution in [2.24, 2.45) is 0 Å². The molecule has 1 N–H and O–H groups in total. The van der Waals surface area contributed by atoms with Gasteiger partial charge in [-0.15, -0.1) is 11.3 Å². The minimum absolute atomic E-state index is 0.0247. The second kappa shape index (κ2) is 9.03. The lowest BCUT2D eigenvalue weighted by molar-refractivity contribution is -0.121. The van der Waals surface area contributed by atoms with Crippen molar-refractivity contribution in [3.05, 3.63) is 46.8 Å². The van der Waals surface area contributed by atoms with Gasteiger partial charge in [0.25, 0.3) is 15.9 Å². The van der Waals surface area contributed by atoms with Gasteiger partial charge in [-0.2, -0.15) is 0 Å². The second-order valence-electron chi connectivity index (χ2n) is 7.75. The Morgan fingerprint density at radius 3 is 2.70 bits per heavy atom. The molecular weight excluding hydrogens is 462 g/mol. The van der Waals surface area contributed by atoms with Crippen LogP contribution in [0.4, 0.5) is 10.8 Å². The van der Waals surface area contributed by atoms with E-state index < -0.39 is 10.0 Å². The first-order valence-electron chi connectivity index (χ1n) is 10.4. The number of carbonyl (C=O) groups excluding carboxylic acids is 1. The van der Waals surface area contributed by atoms with E-state index in [4.69, 9.17) is 9.47 Å². The average molecular weight is 488 g/mol. The van der Waals surface area contributed by atoms with Gasteiger partial charge in [0.1, 0.15) is 16.4 Å². The molecule has 0 saturated carbocycles. The number of nitrogens with zero attached hydrogens (tertiary/aromatic N) is 2. The van der Waals surface area contributed by atoms with Gasteiger partial charge in [-0.05, 0) is 61.7 Å². The summed E-state index contributed by atoms with van der Waals surface area (Å²) in [6, 6.07) is 8.80. The summed E-state index contributed by atoms with van der Waals surface area (Å²) in [5, 5.41) is 2.01. The maximum absolute atomic E-state index is 13.0. The molecular formula is C23H25N3O5S2. The van der Waals surface area contributed by atoms with Gasteiger partial charge in [-0.3, -0.25) is 9.52 Å². The first kappa shape index (κ1) is 23.1. The standard InChI is InChI=1S/C23H25N3O5S2/c1-5-8-26-18-11-16(6-7-19(18)31-12-22(26)27)17-13-32-23(24-17)25-33(28,29)21-10-15(3)14(2)9-20(21)30-4/h6-7,9-11,13H,5,8,12H2,1-4H3,(H,24,25). The van der Waals surface area contributed by atoms with Gasteiger partial charge < -0.3 is 14.4 Å². The number of aryl methyl sites for hydroxylation is 2. The van der Waals surface area contributed by atoms with Crippen LogP contribution in [0, 0.1) is 13.8 Å². The molecule has 1 aliphatic heterocycles. The van der Waals surface area contributed by atoms with E-state index in [1.807, 2.05) is 39.0 Å². The summed E-state index contributed by atoms with van der Waals surface area (Å²) < 4.78 is 39.5. The molecule has 0 radical (unpaired) electrons. The molecule has 0 saturated heterocycles. The number of fused-ring (bicyclic) bond motifs is 1. The highest BCUT2D eigenvalue weighted by Gasteiger charge is 2.26. The van der Waals surface area contributed by atoms with Crippen molar-refractivity contribution in [2.45, 2.75) is 32.1 Å². The van der Waals surface area contributed by atoms with Crippen LogP contribution in [0.3, 0.4) is 0 Å². The molecule has 1 aliphatic rings. The molecule has 4 rings (SSSR count). The molecule has 0 bridgehead atoms. The maximum Gasteiger partial charge on any atom is 0.267 e. The van der Waals surface area contributed by atoms with Crippen molar-refractivity contribution < 1.29 is 22.7 Å². The predicted octanol–water partition coefficient (Wildman–Crippen LogP) is 4.37. The molecule has 33 heavy (non-hydrogen) atoms. The zero-order valence-electron chi connectivity index (χ0n) is 18.8. The Hall–Kier alpha value is -3.11. The highest BCUT2D eigenvalue weighted by Crippen LogP contribution is 2.37. The van der Waals surface area contributed by atoms with Gasteiger partial charge >= 0.3 is 0 Å². The minimum Gasteiger partial charge on any atom is -0.495 e. The third-order valence-corrected chi connectivity index (χ3v) is 7.69. The van der Waals surface area contributed by atoms with Crippen LogP contribution in [0.2, 0.25) is 0 Å². The van der Waals surface area contributed by atoms with Crippen LogP contribution in [-0.4, -0.2) is 39.6 Å². The fourth-order valence-corrected chi connectivity index (χ4v) is 5.80. The number of benzene rings is 2. The van der Waals surface area contributed by atoms with Crippen molar-refractivity contribution in [3.63, 3.8) is 0 Å². The van der Waals surface area contributed by atoms with Crippen molar-refractivity contribution in [3.8, 4) is 22.8 Å². The van der Waals surface area contributed by atoms with Crippen LogP contribution in [-0.2, 0) is 14.8 Å². The highest BCUT2D eigenvalue weighted by molar-refractivity contribution is 7.93. The molecule has 2 heterocycles. The number of hydrogen-bond donors (Lipinski definition) is 1. The van der Waals surface area contributed by atoms with E-state index in [0.29, 0.717) is 23.7 Å². The number of aromatic nitrogens is 1. The van der Waals surface area contributed by atoms with Crippen LogP contribution in [0.1, 0.15) is 24.5 Å². The number of rotatable bonds is 7. The molecule has 2 aromatic carbocycles. The molecule has 0 spiro atoms. The Kier molecular flexibility index (Phi) is 6.31.